The van der Waals surface area contributed by atoms with E-state index in [1.54, 1.807) is 23.9 Å². The minimum absolute atomic E-state index is 0.273. The van der Waals surface area contributed by atoms with E-state index in [-0.39, 0.29) is 6.61 Å². The van der Waals surface area contributed by atoms with Crippen LogP contribution in [0.1, 0.15) is 39.4 Å². The molecular formula is C14H25N2O4+. The van der Waals surface area contributed by atoms with E-state index in [0.29, 0.717) is 19.0 Å². The van der Waals surface area contributed by atoms with Gasteiger partial charge in [0, 0.05) is 6.61 Å². The topological polar surface area (TPSA) is 64.4 Å². The number of H-pyrrole nitrogens is 1. The molecule has 0 saturated carbocycles. The van der Waals surface area contributed by atoms with Crippen molar-refractivity contribution in [3.8, 4) is 0 Å². The minimum Gasteiger partial charge on any atom is -0.461 e. The Hall–Kier alpha value is -1.40. The molecule has 1 atom stereocenters. The van der Waals surface area contributed by atoms with E-state index in [1.807, 2.05) is 14.0 Å². The van der Waals surface area contributed by atoms with Crippen LogP contribution in [0.25, 0.3) is 0 Å². The maximum absolute atomic E-state index is 12.4. The van der Waals surface area contributed by atoms with Gasteiger partial charge in [-0.3, -0.25) is 0 Å². The maximum atomic E-state index is 12.4. The zero-order chi connectivity index (χ0) is 15.0. The van der Waals surface area contributed by atoms with Gasteiger partial charge < -0.3 is 14.2 Å². The normalized spacial score (nSPS) is 14.0. The molecule has 0 aliphatic rings. The summed E-state index contributed by atoms with van der Waals surface area (Å²) in [6.07, 6.45) is 5.34. The van der Waals surface area contributed by atoms with Gasteiger partial charge in [-0.15, -0.1) is 0 Å². The third-order valence-electron chi connectivity index (χ3n) is 2.88. The molecule has 1 rings (SSSR count). The van der Waals surface area contributed by atoms with Gasteiger partial charge in [-0.2, -0.15) is 0 Å². The van der Waals surface area contributed by atoms with Crippen molar-refractivity contribution < 1.29 is 23.6 Å². The molecular weight excluding hydrogens is 260 g/mol. The predicted octanol–water partition coefficient (Wildman–Crippen LogP) is 1.41. The lowest BCUT2D eigenvalue weighted by Gasteiger charge is -2.27. The van der Waals surface area contributed by atoms with Crippen LogP contribution in [0, 0.1) is 0 Å². The average Bonchev–Trinajstić information content (AvgIpc) is 2.85. The second-order valence-electron chi connectivity index (χ2n) is 4.39. The number of rotatable bonds is 9. The number of aromatic nitrogens is 2. The van der Waals surface area contributed by atoms with Crippen LogP contribution in [0.4, 0.5) is 0 Å². The number of nitrogens with zero attached hydrogens (tertiary/aromatic N) is 1. The molecule has 0 bridgehead atoms. The first kappa shape index (κ1) is 16.7. The fraction of sp³-hybridized carbons (Fsp3) is 0.714. The summed E-state index contributed by atoms with van der Waals surface area (Å²) in [6, 6.07) is 0. The van der Waals surface area contributed by atoms with Crippen LogP contribution in [0.5, 0.6) is 0 Å². The molecule has 1 N–H and O–H groups in total. The smallest absolute Gasteiger partial charge is 0.380 e. The maximum Gasteiger partial charge on any atom is 0.380 e. The molecule has 0 aliphatic heterocycles. The van der Waals surface area contributed by atoms with Crippen molar-refractivity contribution in [2.45, 2.75) is 39.4 Å². The van der Waals surface area contributed by atoms with Crippen molar-refractivity contribution in [3.05, 3.63) is 18.2 Å². The van der Waals surface area contributed by atoms with E-state index >= 15 is 0 Å². The Bertz CT molecular complexity index is 419. The molecule has 1 aromatic rings. The molecule has 0 aliphatic carbocycles. The molecule has 6 heteroatoms. The van der Waals surface area contributed by atoms with E-state index in [0.717, 1.165) is 12.8 Å². The Morgan fingerprint density at radius 2 is 2.05 bits per heavy atom. The number of imidazole rings is 1. The number of carbonyl (C=O) groups is 1. The van der Waals surface area contributed by atoms with Crippen LogP contribution in [0.2, 0.25) is 0 Å². The Morgan fingerprint density at radius 1 is 1.30 bits per heavy atom. The summed E-state index contributed by atoms with van der Waals surface area (Å²) in [5.74, 6) is -1.54. The Balaban J connectivity index is 3.12. The van der Waals surface area contributed by atoms with Crippen molar-refractivity contribution in [1.82, 2.24) is 4.98 Å². The first-order valence-electron chi connectivity index (χ1n) is 7.10. The number of hydrogen-bond donors (Lipinski definition) is 1. The minimum atomic E-state index is -1.53. The number of aryl methyl sites for hydroxylation is 1. The first-order chi connectivity index (χ1) is 9.62. The van der Waals surface area contributed by atoms with Crippen molar-refractivity contribution in [3.63, 3.8) is 0 Å². The summed E-state index contributed by atoms with van der Waals surface area (Å²) in [5, 5.41) is 0. The van der Waals surface area contributed by atoms with Gasteiger partial charge in [0.1, 0.15) is 12.4 Å². The van der Waals surface area contributed by atoms with Crippen LogP contribution in [-0.2, 0) is 31.8 Å². The van der Waals surface area contributed by atoms with Gasteiger partial charge in [0.05, 0.1) is 20.3 Å². The van der Waals surface area contributed by atoms with E-state index in [1.165, 1.54) is 0 Å². The highest BCUT2D eigenvalue weighted by Crippen LogP contribution is 2.26. The van der Waals surface area contributed by atoms with Gasteiger partial charge in [-0.1, -0.05) is 13.3 Å². The molecule has 6 nitrogen and oxygen atoms in total. The number of carbonyl (C=O) groups excluding carboxylic acids is 1. The highest BCUT2D eigenvalue weighted by Gasteiger charge is 2.52. The fourth-order valence-electron chi connectivity index (χ4n) is 1.91. The van der Waals surface area contributed by atoms with Gasteiger partial charge in [0.25, 0.3) is 0 Å². The molecule has 0 fully saturated rings. The molecule has 1 heterocycles. The number of unbranched alkanes of at least 4 members (excludes halogenated alkanes) is 1. The van der Waals surface area contributed by atoms with E-state index < -0.39 is 11.8 Å². The standard InChI is InChI=1S/C14H24N2O4/c1-5-8-11-20-14(19-7-3,13(17)18-6-2)12-15-9-10-16(12)4/h9-10H,5-8,11H2,1-4H3/p+1. The van der Waals surface area contributed by atoms with Crippen LogP contribution in [0.15, 0.2) is 12.4 Å². The highest BCUT2D eigenvalue weighted by molar-refractivity contribution is 5.78. The van der Waals surface area contributed by atoms with Crippen molar-refractivity contribution in [1.29, 1.82) is 0 Å². The second-order valence-corrected chi connectivity index (χ2v) is 4.39. The van der Waals surface area contributed by atoms with Crippen molar-refractivity contribution >= 4 is 5.97 Å². The van der Waals surface area contributed by atoms with Gasteiger partial charge >= 0.3 is 17.6 Å². The predicted molar refractivity (Wildman–Crippen MR) is 72.8 cm³/mol. The lowest BCUT2D eigenvalue weighted by atomic mass is 10.2. The zero-order valence-electron chi connectivity index (χ0n) is 12.8. The highest BCUT2D eigenvalue weighted by atomic mass is 16.7. The number of aromatic amines is 1. The van der Waals surface area contributed by atoms with Crippen LogP contribution in [0.3, 0.4) is 0 Å². The summed E-state index contributed by atoms with van der Waals surface area (Å²) < 4.78 is 18.4. The summed E-state index contributed by atoms with van der Waals surface area (Å²) in [6.45, 7) is 6.67. The number of ether oxygens (including phenoxy) is 3. The van der Waals surface area contributed by atoms with Crippen molar-refractivity contribution in [2.75, 3.05) is 19.8 Å². The van der Waals surface area contributed by atoms with Crippen LogP contribution in [-0.4, -0.2) is 30.8 Å². The summed E-state index contributed by atoms with van der Waals surface area (Å²) >= 11 is 0. The molecule has 0 amide bonds. The van der Waals surface area contributed by atoms with Gasteiger partial charge in [-0.25, -0.2) is 14.3 Å². The first-order valence-corrected chi connectivity index (χ1v) is 7.10. The molecule has 0 spiro atoms. The van der Waals surface area contributed by atoms with Gasteiger partial charge in [-0.05, 0) is 20.3 Å². The zero-order valence-corrected chi connectivity index (χ0v) is 12.8. The summed E-state index contributed by atoms with van der Waals surface area (Å²) in [7, 11) is 1.82. The SMILES string of the molecule is CCCCOC(OCC)(C(=O)OCC)c1[nH]cc[n+]1C. The summed E-state index contributed by atoms with van der Waals surface area (Å²) in [4.78, 5) is 15.4. The third-order valence-corrected chi connectivity index (χ3v) is 2.88. The lowest BCUT2D eigenvalue weighted by molar-refractivity contribution is -0.689. The van der Waals surface area contributed by atoms with Gasteiger partial charge in [0.15, 0.2) is 0 Å². The van der Waals surface area contributed by atoms with Crippen LogP contribution >= 0.6 is 0 Å². The monoisotopic (exact) mass is 285 g/mol. The number of nitrogens with one attached hydrogen (secondary N) is 1. The molecule has 0 saturated heterocycles. The van der Waals surface area contributed by atoms with Gasteiger partial charge in [0.2, 0.25) is 0 Å². The Kier molecular flexibility index (Phi) is 6.67. The molecule has 1 aromatic heterocycles. The Morgan fingerprint density at radius 3 is 2.55 bits per heavy atom. The molecule has 1 unspecified atom stereocenters. The molecule has 0 radical (unpaired) electrons. The lowest BCUT2D eigenvalue weighted by Crippen LogP contribution is -2.51. The van der Waals surface area contributed by atoms with E-state index in [9.17, 15) is 4.79 Å². The molecule has 0 aromatic carbocycles. The fourth-order valence-corrected chi connectivity index (χ4v) is 1.91. The van der Waals surface area contributed by atoms with Crippen LogP contribution < -0.4 is 4.57 Å². The second kappa shape index (κ2) is 8.01. The number of esters is 1. The van der Waals surface area contributed by atoms with Crippen molar-refractivity contribution in [2.24, 2.45) is 7.05 Å². The molecule has 20 heavy (non-hydrogen) atoms. The third kappa shape index (κ3) is 3.58. The Labute approximate surface area is 120 Å². The largest absolute Gasteiger partial charge is 0.461 e. The van der Waals surface area contributed by atoms with E-state index in [4.69, 9.17) is 14.2 Å². The quantitative estimate of drug-likeness (QED) is 0.322. The number of hydrogen-bond acceptors (Lipinski definition) is 4. The molecule has 114 valence electrons. The average molecular weight is 285 g/mol. The van der Waals surface area contributed by atoms with E-state index in [2.05, 4.69) is 11.9 Å². The summed E-state index contributed by atoms with van der Waals surface area (Å²) in [5.41, 5.74) is 0.